The molecule has 2 aliphatic heterocycles. The maximum absolute atomic E-state index is 10.0. The molecule has 0 radical (unpaired) electrons. The quantitative estimate of drug-likeness (QED) is 0.904. The molecule has 0 aliphatic carbocycles. The molecule has 21 heavy (non-hydrogen) atoms. The third-order valence-corrected chi connectivity index (χ3v) is 5.00. The Morgan fingerprint density at radius 1 is 1.29 bits per heavy atom. The summed E-state index contributed by atoms with van der Waals surface area (Å²) in [6, 6.07) is 6.76. The van der Waals surface area contributed by atoms with Crippen LogP contribution in [0.5, 0.6) is 0 Å². The van der Waals surface area contributed by atoms with Crippen molar-refractivity contribution in [2.75, 3.05) is 44.3 Å². The fraction of sp³-hybridized carbons (Fsp3) is 0.625. The molecule has 2 unspecified atom stereocenters. The summed E-state index contributed by atoms with van der Waals surface area (Å²) in [5.41, 5.74) is 2.18. The minimum absolute atomic E-state index is 0.435. The van der Waals surface area contributed by atoms with Crippen molar-refractivity contribution in [3.63, 3.8) is 0 Å². The molecule has 1 aromatic carbocycles. The maximum Gasteiger partial charge on any atom is 0.0782 e. The zero-order valence-corrected chi connectivity index (χ0v) is 14.1. The van der Waals surface area contributed by atoms with Gasteiger partial charge in [0.25, 0.3) is 0 Å². The Hall–Kier alpha value is -0.620. The lowest BCUT2D eigenvalue weighted by atomic mass is 10.1. The van der Waals surface area contributed by atoms with Crippen LogP contribution in [0.4, 0.5) is 5.69 Å². The molecular formula is C16H23BrN2O2. The summed E-state index contributed by atoms with van der Waals surface area (Å²) < 4.78 is 6.51. The highest BCUT2D eigenvalue weighted by molar-refractivity contribution is 9.10. The number of rotatable bonds is 3. The first kappa shape index (κ1) is 15.3. The summed E-state index contributed by atoms with van der Waals surface area (Å²) in [4.78, 5) is 4.95. The van der Waals surface area contributed by atoms with Crippen LogP contribution in [0.25, 0.3) is 0 Å². The normalized spacial score (nSPS) is 25.3. The Balaban J connectivity index is 1.75. The Morgan fingerprint density at radius 2 is 2.05 bits per heavy atom. The molecule has 5 heteroatoms. The van der Waals surface area contributed by atoms with E-state index in [4.69, 9.17) is 4.74 Å². The van der Waals surface area contributed by atoms with Crippen LogP contribution in [0.15, 0.2) is 22.7 Å². The Morgan fingerprint density at radius 3 is 2.76 bits per heavy atom. The molecule has 0 amide bonds. The van der Waals surface area contributed by atoms with Crippen molar-refractivity contribution in [2.24, 2.45) is 0 Å². The highest BCUT2D eigenvalue weighted by atomic mass is 79.9. The second kappa shape index (κ2) is 6.65. The number of ether oxygens (including phenoxy) is 1. The number of benzene rings is 1. The van der Waals surface area contributed by atoms with E-state index in [2.05, 4.69) is 31.8 Å². The van der Waals surface area contributed by atoms with Crippen molar-refractivity contribution in [3.05, 3.63) is 28.2 Å². The fourth-order valence-corrected chi connectivity index (χ4v) is 3.69. The standard InChI is InChI=1S/C16H23BrN2O2/c1-12(20)15-3-2-13(17)10-16(15)19-5-4-14(11-19)18-6-8-21-9-7-18/h2-3,10,12,14,20H,4-9,11H2,1H3. The van der Waals surface area contributed by atoms with Crippen LogP contribution in [0.1, 0.15) is 25.0 Å². The highest BCUT2D eigenvalue weighted by Crippen LogP contribution is 2.32. The van der Waals surface area contributed by atoms with Crippen LogP contribution in [-0.2, 0) is 4.74 Å². The van der Waals surface area contributed by atoms with Gasteiger partial charge in [0.2, 0.25) is 0 Å². The van der Waals surface area contributed by atoms with Gasteiger partial charge in [-0.15, -0.1) is 0 Å². The van der Waals surface area contributed by atoms with E-state index in [0.717, 1.165) is 55.1 Å². The molecule has 0 aromatic heterocycles. The molecule has 0 bridgehead atoms. The van der Waals surface area contributed by atoms with Crippen LogP contribution >= 0.6 is 15.9 Å². The van der Waals surface area contributed by atoms with Gasteiger partial charge in [0.15, 0.2) is 0 Å². The topological polar surface area (TPSA) is 35.9 Å². The number of nitrogens with zero attached hydrogens (tertiary/aromatic N) is 2. The van der Waals surface area contributed by atoms with Crippen LogP contribution in [-0.4, -0.2) is 55.4 Å². The first-order valence-corrected chi connectivity index (χ1v) is 8.48. The molecule has 3 rings (SSSR count). The lowest BCUT2D eigenvalue weighted by Crippen LogP contribution is -2.44. The summed E-state index contributed by atoms with van der Waals surface area (Å²) in [5, 5.41) is 10.0. The summed E-state index contributed by atoms with van der Waals surface area (Å²) in [6.45, 7) is 7.72. The minimum Gasteiger partial charge on any atom is -0.389 e. The van der Waals surface area contributed by atoms with E-state index >= 15 is 0 Å². The van der Waals surface area contributed by atoms with Gasteiger partial charge in [-0.25, -0.2) is 0 Å². The molecule has 2 atom stereocenters. The van der Waals surface area contributed by atoms with E-state index in [1.165, 1.54) is 6.42 Å². The first-order chi connectivity index (χ1) is 10.1. The molecule has 4 nitrogen and oxygen atoms in total. The van der Waals surface area contributed by atoms with Crippen molar-refractivity contribution in [1.82, 2.24) is 4.90 Å². The average Bonchev–Trinajstić information content (AvgIpc) is 2.97. The van der Waals surface area contributed by atoms with Gasteiger partial charge in [-0.3, -0.25) is 4.90 Å². The Labute approximate surface area is 134 Å². The molecular weight excluding hydrogens is 332 g/mol. The van der Waals surface area contributed by atoms with Gasteiger partial charge in [0.1, 0.15) is 0 Å². The molecule has 2 fully saturated rings. The van der Waals surface area contributed by atoms with Crippen LogP contribution in [0, 0.1) is 0 Å². The number of morpholine rings is 1. The first-order valence-electron chi connectivity index (χ1n) is 7.69. The number of aliphatic hydroxyl groups excluding tert-OH is 1. The molecule has 1 N–H and O–H groups in total. The third-order valence-electron chi connectivity index (χ3n) is 4.51. The fourth-order valence-electron chi connectivity index (χ4n) is 3.35. The van der Waals surface area contributed by atoms with E-state index in [1.807, 2.05) is 19.1 Å². The van der Waals surface area contributed by atoms with Crippen molar-refractivity contribution in [3.8, 4) is 0 Å². The van der Waals surface area contributed by atoms with E-state index in [9.17, 15) is 5.11 Å². The predicted octanol–water partition coefficient (Wildman–Crippen LogP) is 2.41. The maximum atomic E-state index is 10.0. The van der Waals surface area contributed by atoms with Gasteiger partial charge in [0, 0.05) is 47.9 Å². The van der Waals surface area contributed by atoms with Crippen LogP contribution in [0.3, 0.4) is 0 Å². The van der Waals surface area contributed by atoms with Crippen molar-refractivity contribution < 1.29 is 9.84 Å². The van der Waals surface area contributed by atoms with E-state index in [1.54, 1.807) is 0 Å². The van der Waals surface area contributed by atoms with Gasteiger partial charge in [-0.05, 0) is 25.5 Å². The van der Waals surface area contributed by atoms with Gasteiger partial charge in [-0.2, -0.15) is 0 Å². The summed E-state index contributed by atoms with van der Waals surface area (Å²) in [5.74, 6) is 0. The zero-order valence-electron chi connectivity index (χ0n) is 12.5. The lowest BCUT2D eigenvalue weighted by molar-refractivity contribution is 0.0209. The van der Waals surface area contributed by atoms with Gasteiger partial charge >= 0.3 is 0 Å². The molecule has 2 saturated heterocycles. The number of hydrogen-bond donors (Lipinski definition) is 1. The predicted molar refractivity (Wildman–Crippen MR) is 87.8 cm³/mol. The average molecular weight is 355 g/mol. The monoisotopic (exact) mass is 354 g/mol. The van der Waals surface area contributed by atoms with E-state index in [-0.39, 0.29) is 0 Å². The van der Waals surface area contributed by atoms with Gasteiger partial charge in [0.05, 0.1) is 19.3 Å². The molecule has 116 valence electrons. The van der Waals surface area contributed by atoms with Crippen LogP contribution < -0.4 is 4.90 Å². The molecule has 2 heterocycles. The highest BCUT2D eigenvalue weighted by Gasteiger charge is 2.30. The van der Waals surface area contributed by atoms with Crippen molar-refractivity contribution in [2.45, 2.75) is 25.5 Å². The van der Waals surface area contributed by atoms with Crippen LogP contribution in [0.2, 0.25) is 0 Å². The Bertz CT molecular complexity index is 489. The summed E-state index contributed by atoms with van der Waals surface area (Å²) >= 11 is 3.55. The molecule has 2 aliphatic rings. The van der Waals surface area contributed by atoms with Crippen molar-refractivity contribution in [1.29, 1.82) is 0 Å². The van der Waals surface area contributed by atoms with Crippen molar-refractivity contribution >= 4 is 21.6 Å². The molecule has 0 spiro atoms. The molecule has 1 aromatic rings. The van der Waals surface area contributed by atoms with Gasteiger partial charge in [-0.1, -0.05) is 22.0 Å². The SMILES string of the molecule is CC(O)c1ccc(Br)cc1N1CCC(N2CCOCC2)C1. The number of anilines is 1. The number of hydrogen-bond acceptors (Lipinski definition) is 4. The molecule has 0 saturated carbocycles. The second-order valence-electron chi connectivity index (χ2n) is 5.92. The Kier molecular flexibility index (Phi) is 4.84. The number of halogens is 1. The van der Waals surface area contributed by atoms with E-state index < -0.39 is 6.10 Å². The van der Waals surface area contributed by atoms with Gasteiger partial charge < -0.3 is 14.7 Å². The number of aliphatic hydroxyl groups is 1. The van der Waals surface area contributed by atoms with E-state index in [0.29, 0.717) is 6.04 Å². The minimum atomic E-state index is -0.435. The largest absolute Gasteiger partial charge is 0.389 e. The lowest BCUT2D eigenvalue weighted by Gasteiger charge is -2.32. The summed E-state index contributed by atoms with van der Waals surface area (Å²) in [7, 11) is 0. The third kappa shape index (κ3) is 3.42. The second-order valence-corrected chi connectivity index (χ2v) is 6.83. The summed E-state index contributed by atoms with van der Waals surface area (Å²) in [6.07, 6.45) is 0.752. The zero-order chi connectivity index (χ0) is 14.8. The smallest absolute Gasteiger partial charge is 0.0782 e.